The first-order chi connectivity index (χ1) is 9.67. The summed E-state index contributed by atoms with van der Waals surface area (Å²) in [5.41, 5.74) is 0. The van der Waals surface area contributed by atoms with Gasteiger partial charge >= 0.3 is 36.1 Å². The van der Waals surface area contributed by atoms with Gasteiger partial charge in [0.2, 0.25) is 0 Å². The maximum Gasteiger partial charge on any atom is 0.471 e. The van der Waals surface area contributed by atoms with Crippen molar-refractivity contribution >= 4 is 23.8 Å². The van der Waals surface area contributed by atoms with Crippen molar-refractivity contribution in [3.63, 3.8) is 0 Å². The molecule has 8 nitrogen and oxygen atoms in total. The van der Waals surface area contributed by atoms with Gasteiger partial charge in [-0.05, 0) is 0 Å². The molecule has 0 heterocycles. The van der Waals surface area contributed by atoms with Crippen LogP contribution in [0.2, 0.25) is 0 Å². The number of alkyl halides is 6. The molecule has 0 saturated carbocycles. The summed E-state index contributed by atoms with van der Waals surface area (Å²) < 4.78 is 71.8. The summed E-state index contributed by atoms with van der Waals surface area (Å²) in [5, 5.41) is 18.4. The fourth-order valence-corrected chi connectivity index (χ4v) is 1.02. The van der Waals surface area contributed by atoms with Crippen molar-refractivity contribution in [2.75, 3.05) is 0 Å². The van der Waals surface area contributed by atoms with E-state index in [0.29, 0.717) is 10.6 Å². The maximum absolute atomic E-state index is 12.0. The van der Waals surface area contributed by atoms with Crippen molar-refractivity contribution in [3.05, 3.63) is 0 Å². The third-order valence-corrected chi connectivity index (χ3v) is 1.95. The molecule has 14 heteroatoms. The van der Waals surface area contributed by atoms with Crippen LogP contribution in [0, 0.1) is 0 Å². The number of hydrogen-bond donors (Lipinski definition) is 4. The minimum atomic E-state index is -5.62. The van der Waals surface area contributed by atoms with Crippen molar-refractivity contribution in [2.24, 2.45) is 0 Å². The Morgan fingerprint density at radius 1 is 0.682 bits per heavy atom. The molecule has 0 bridgehead atoms. The van der Waals surface area contributed by atoms with E-state index in [4.69, 9.17) is 10.2 Å². The SMILES string of the molecule is O=C(O)C(NC(=O)C(F)(F)F)C(NC(=O)C(F)(F)F)C(=O)O. The Hall–Kier alpha value is -2.54. The standard InChI is InChI=1S/C8H6F6N2O6/c9-7(10,11)5(21)15-1(3(17)18)2(4(19)20)16-6(22)8(12,13)14/h1-2H,(H,15,21)(H,16,22)(H,17,18)(H,19,20). The van der Waals surface area contributed by atoms with Crippen LogP contribution in [0.25, 0.3) is 0 Å². The first-order valence-corrected chi connectivity index (χ1v) is 4.89. The highest BCUT2D eigenvalue weighted by molar-refractivity contribution is 5.94. The highest BCUT2D eigenvalue weighted by Gasteiger charge is 2.47. The Balaban J connectivity index is 5.39. The predicted molar refractivity (Wildman–Crippen MR) is 51.2 cm³/mol. The number of aliphatic carboxylic acids is 2. The molecule has 0 aliphatic heterocycles. The van der Waals surface area contributed by atoms with E-state index < -0.39 is 48.2 Å². The molecular weight excluding hydrogens is 334 g/mol. The molecule has 0 radical (unpaired) electrons. The average molecular weight is 340 g/mol. The van der Waals surface area contributed by atoms with Gasteiger partial charge in [0.05, 0.1) is 0 Å². The summed E-state index contributed by atoms with van der Waals surface area (Å²) in [4.78, 5) is 42.4. The van der Waals surface area contributed by atoms with Crippen molar-refractivity contribution in [3.8, 4) is 0 Å². The molecule has 2 atom stereocenters. The quantitative estimate of drug-likeness (QED) is 0.487. The monoisotopic (exact) mass is 340 g/mol. The number of nitrogens with one attached hydrogen (secondary N) is 2. The molecule has 4 N–H and O–H groups in total. The van der Waals surface area contributed by atoms with Crippen LogP contribution in [-0.2, 0) is 19.2 Å². The van der Waals surface area contributed by atoms with E-state index in [2.05, 4.69) is 0 Å². The second-order valence-corrected chi connectivity index (χ2v) is 3.57. The number of rotatable bonds is 5. The van der Waals surface area contributed by atoms with Gasteiger partial charge in [-0.2, -0.15) is 26.3 Å². The summed E-state index contributed by atoms with van der Waals surface area (Å²) in [6, 6.07) is -5.98. The van der Waals surface area contributed by atoms with Crippen LogP contribution in [0.3, 0.4) is 0 Å². The molecule has 0 fully saturated rings. The van der Waals surface area contributed by atoms with Gasteiger partial charge in [0, 0.05) is 0 Å². The van der Waals surface area contributed by atoms with Crippen molar-refractivity contribution < 1.29 is 55.7 Å². The lowest BCUT2D eigenvalue weighted by Crippen LogP contribution is -2.62. The molecule has 0 saturated heterocycles. The molecule has 0 aliphatic carbocycles. The third kappa shape index (κ3) is 5.45. The van der Waals surface area contributed by atoms with Crippen molar-refractivity contribution in [1.82, 2.24) is 10.6 Å². The van der Waals surface area contributed by atoms with Gasteiger partial charge in [-0.25, -0.2) is 9.59 Å². The van der Waals surface area contributed by atoms with E-state index in [9.17, 15) is 45.5 Å². The van der Waals surface area contributed by atoms with Crippen LogP contribution < -0.4 is 10.6 Å². The lowest BCUT2D eigenvalue weighted by Gasteiger charge is -2.23. The minimum absolute atomic E-state index is 0.668. The van der Waals surface area contributed by atoms with E-state index >= 15 is 0 Å². The summed E-state index contributed by atoms with van der Waals surface area (Å²) in [6.07, 6.45) is -11.2. The van der Waals surface area contributed by atoms with Gasteiger partial charge in [0.25, 0.3) is 0 Å². The van der Waals surface area contributed by atoms with Crippen LogP contribution in [0.5, 0.6) is 0 Å². The lowest BCUT2D eigenvalue weighted by molar-refractivity contribution is -0.179. The van der Waals surface area contributed by atoms with E-state index in [1.807, 2.05) is 0 Å². The first kappa shape index (κ1) is 19.5. The zero-order valence-electron chi connectivity index (χ0n) is 9.95. The number of halogens is 6. The summed E-state index contributed by atoms with van der Waals surface area (Å²) in [5.74, 6) is -10.6. The molecule has 0 aromatic heterocycles. The van der Waals surface area contributed by atoms with E-state index in [0.717, 1.165) is 0 Å². The van der Waals surface area contributed by atoms with Gasteiger partial charge in [-0.3, -0.25) is 9.59 Å². The molecule has 0 rings (SSSR count). The molecule has 126 valence electrons. The largest absolute Gasteiger partial charge is 0.480 e. The highest BCUT2D eigenvalue weighted by atomic mass is 19.4. The average Bonchev–Trinajstić information content (AvgIpc) is 2.29. The molecule has 2 unspecified atom stereocenters. The van der Waals surface area contributed by atoms with Crippen LogP contribution in [0.15, 0.2) is 0 Å². The molecule has 0 aromatic rings. The van der Waals surface area contributed by atoms with Crippen LogP contribution >= 0.6 is 0 Å². The normalized spacial score (nSPS) is 14.6. The van der Waals surface area contributed by atoms with Crippen LogP contribution in [0.1, 0.15) is 0 Å². The number of hydrogen-bond acceptors (Lipinski definition) is 4. The Morgan fingerprint density at radius 3 is 1.05 bits per heavy atom. The molecule has 0 aromatic carbocycles. The second-order valence-electron chi connectivity index (χ2n) is 3.57. The van der Waals surface area contributed by atoms with Gasteiger partial charge in [0.1, 0.15) is 0 Å². The number of carboxylic acids is 2. The highest BCUT2D eigenvalue weighted by Crippen LogP contribution is 2.17. The van der Waals surface area contributed by atoms with E-state index in [-0.39, 0.29) is 0 Å². The van der Waals surface area contributed by atoms with Crippen LogP contribution in [-0.4, -0.2) is 58.4 Å². The van der Waals surface area contributed by atoms with Crippen molar-refractivity contribution in [1.29, 1.82) is 0 Å². The number of amides is 2. The first-order valence-electron chi connectivity index (χ1n) is 4.89. The Kier molecular flexibility index (Phi) is 5.74. The number of carbonyl (C=O) groups excluding carboxylic acids is 2. The predicted octanol–water partition coefficient (Wildman–Crippen LogP) is -0.750. The smallest absolute Gasteiger partial charge is 0.471 e. The lowest BCUT2D eigenvalue weighted by atomic mass is 10.1. The fourth-order valence-electron chi connectivity index (χ4n) is 1.02. The second kappa shape index (κ2) is 6.48. The van der Waals surface area contributed by atoms with Crippen molar-refractivity contribution in [2.45, 2.75) is 24.4 Å². The van der Waals surface area contributed by atoms with E-state index in [1.54, 1.807) is 0 Å². The topological polar surface area (TPSA) is 133 Å². The van der Waals surface area contributed by atoms with Gasteiger partial charge in [-0.15, -0.1) is 0 Å². The summed E-state index contributed by atoms with van der Waals surface area (Å²) in [7, 11) is 0. The summed E-state index contributed by atoms with van der Waals surface area (Å²) in [6.45, 7) is 0. The number of carboxylic acid groups (broad SMARTS) is 2. The van der Waals surface area contributed by atoms with Crippen LogP contribution in [0.4, 0.5) is 26.3 Å². The third-order valence-electron chi connectivity index (χ3n) is 1.95. The fraction of sp³-hybridized carbons (Fsp3) is 0.500. The number of carbonyl (C=O) groups is 4. The zero-order chi connectivity index (χ0) is 17.9. The maximum atomic E-state index is 12.0. The minimum Gasteiger partial charge on any atom is -0.480 e. The van der Waals surface area contributed by atoms with Gasteiger partial charge in [-0.1, -0.05) is 0 Å². The molecule has 22 heavy (non-hydrogen) atoms. The zero-order valence-corrected chi connectivity index (χ0v) is 9.95. The van der Waals surface area contributed by atoms with Gasteiger partial charge in [0.15, 0.2) is 12.1 Å². The molecule has 0 aliphatic rings. The molecular formula is C8H6F6N2O6. The van der Waals surface area contributed by atoms with Gasteiger partial charge < -0.3 is 20.8 Å². The molecule has 0 spiro atoms. The Morgan fingerprint density at radius 2 is 0.909 bits per heavy atom. The Labute approximate surface area is 116 Å². The Bertz CT molecular complexity index is 442. The molecule has 2 amide bonds. The van der Waals surface area contributed by atoms with E-state index in [1.165, 1.54) is 0 Å². The summed E-state index contributed by atoms with van der Waals surface area (Å²) >= 11 is 0.